The maximum atomic E-state index is 12.4. The number of amides is 1. The van der Waals surface area contributed by atoms with E-state index in [2.05, 4.69) is 5.32 Å². The van der Waals surface area contributed by atoms with Gasteiger partial charge in [0, 0.05) is 18.2 Å². The fraction of sp³-hybridized carbons (Fsp3) is 0.500. The van der Waals surface area contributed by atoms with Crippen molar-refractivity contribution in [2.24, 2.45) is 5.92 Å². The minimum atomic E-state index is -3.29. The van der Waals surface area contributed by atoms with Crippen LogP contribution in [0.1, 0.15) is 36.0 Å². The Kier molecular flexibility index (Phi) is 4.49. The molecule has 0 bridgehead atoms. The summed E-state index contributed by atoms with van der Waals surface area (Å²) in [6.07, 6.45) is 2.22. The second kappa shape index (κ2) is 6.43. The fourth-order valence-electron chi connectivity index (χ4n) is 3.34. The van der Waals surface area contributed by atoms with Gasteiger partial charge in [0.25, 0.3) is 5.91 Å². The molecular formula is C16H20N2O5S. The molecule has 0 radical (unpaired) electrons. The van der Waals surface area contributed by atoms with E-state index in [-0.39, 0.29) is 17.7 Å². The molecule has 1 aromatic carbocycles. The van der Waals surface area contributed by atoms with Crippen LogP contribution in [0.15, 0.2) is 24.3 Å². The first kappa shape index (κ1) is 16.8. The molecule has 3 rings (SSSR count). The van der Waals surface area contributed by atoms with E-state index in [9.17, 15) is 18.0 Å². The number of sulfonamides is 1. The average molecular weight is 352 g/mol. The molecule has 1 saturated heterocycles. The molecule has 2 N–H and O–H groups in total. The number of benzene rings is 1. The van der Waals surface area contributed by atoms with Crippen LogP contribution in [0.4, 0.5) is 5.69 Å². The summed E-state index contributed by atoms with van der Waals surface area (Å²) < 4.78 is 25.3. The summed E-state index contributed by atoms with van der Waals surface area (Å²) in [5, 5.41) is 11.9. The fourth-order valence-corrected chi connectivity index (χ4v) is 4.89. The first-order valence-electron chi connectivity index (χ1n) is 8.01. The molecule has 7 nitrogen and oxygen atoms in total. The Morgan fingerprint density at radius 2 is 2.04 bits per heavy atom. The van der Waals surface area contributed by atoms with Gasteiger partial charge in [-0.05, 0) is 43.9 Å². The number of carboxylic acids is 1. The number of carbonyl (C=O) groups excluding carboxylic acids is 1. The summed E-state index contributed by atoms with van der Waals surface area (Å²) in [6, 6.07) is 6.38. The molecule has 1 amide bonds. The van der Waals surface area contributed by atoms with Crippen molar-refractivity contribution >= 4 is 27.6 Å². The highest BCUT2D eigenvalue weighted by Crippen LogP contribution is 2.27. The molecule has 1 saturated carbocycles. The van der Waals surface area contributed by atoms with Crippen molar-refractivity contribution in [3.63, 3.8) is 0 Å². The highest BCUT2D eigenvalue weighted by molar-refractivity contribution is 7.93. The van der Waals surface area contributed by atoms with E-state index in [4.69, 9.17) is 5.11 Å². The lowest BCUT2D eigenvalue weighted by atomic mass is 10.1. The molecular weight excluding hydrogens is 332 g/mol. The number of rotatable bonds is 4. The Balaban J connectivity index is 1.70. The van der Waals surface area contributed by atoms with Crippen LogP contribution in [0.25, 0.3) is 0 Å². The third-order valence-corrected chi connectivity index (χ3v) is 6.48. The van der Waals surface area contributed by atoms with Gasteiger partial charge in [0.15, 0.2) is 0 Å². The van der Waals surface area contributed by atoms with Gasteiger partial charge in [-0.1, -0.05) is 6.07 Å². The molecule has 1 aromatic rings. The van der Waals surface area contributed by atoms with Crippen LogP contribution in [-0.2, 0) is 14.8 Å². The van der Waals surface area contributed by atoms with Gasteiger partial charge in [-0.25, -0.2) is 8.42 Å². The van der Waals surface area contributed by atoms with Crippen molar-refractivity contribution in [3.8, 4) is 0 Å². The summed E-state index contributed by atoms with van der Waals surface area (Å²) in [5.74, 6) is -1.41. The molecule has 2 aliphatic rings. The highest BCUT2D eigenvalue weighted by Gasteiger charge is 2.31. The molecule has 2 fully saturated rings. The van der Waals surface area contributed by atoms with E-state index < -0.39 is 21.9 Å². The zero-order valence-electron chi connectivity index (χ0n) is 13.1. The van der Waals surface area contributed by atoms with Crippen LogP contribution in [0, 0.1) is 5.92 Å². The van der Waals surface area contributed by atoms with Crippen molar-refractivity contribution in [1.29, 1.82) is 0 Å². The Morgan fingerprint density at radius 3 is 2.67 bits per heavy atom. The minimum absolute atomic E-state index is 0.127. The number of anilines is 1. The average Bonchev–Trinajstić information content (AvgIpc) is 3.13. The van der Waals surface area contributed by atoms with Crippen LogP contribution < -0.4 is 9.62 Å². The highest BCUT2D eigenvalue weighted by atomic mass is 32.2. The summed E-state index contributed by atoms with van der Waals surface area (Å²) in [5.41, 5.74) is 0.878. The first-order chi connectivity index (χ1) is 11.4. The maximum absolute atomic E-state index is 12.4. The van der Waals surface area contributed by atoms with E-state index in [0.29, 0.717) is 43.5 Å². The number of nitrogens with zero attached hydrogens (tertiary/aromatic N) is 1. The van der Waals surface area contributed by atoms with E-state index in [1.54, 1.807) is 24.3 Å². The molecule has 0 aromatic heterocycles. The number of carboxylic acid groups (broad SMARTS) is 1. The normalized spacial score (nSPS) is 25.6. The Bertz CT molecular complexity index is 761. The molecule has 24 heavy (non-hydrogen) atoms. The Morgan fingerprint density at radius 1 is 1.25 bits per heavy atom. The molecule has 1 aliphatic heterocycles. The summed E-state index contributed by atoms with van der Waals surface area (Å²) in [4.78, 5) is 23.4. The molecule has 0 unspecified atom stereocenters. The molecule has 2 atom stereocenters. The standard InChI is InChI=1S/C16H20N2O5S/c19-15(17-13-6-5-12(9-13)16(20)21)11-3-1-4-14(10-11)18-7-2-8-24(18,22)23/h1,3-4,10,12-13H,2,5-9H2,(H,17,19)(H,20,21)/t12-,13+/m1/s1. The second-order valence-electron chi connectivity index (χ2n) is 6.31. The molecule has 1 aliphatic carbocycles. The van der Waals surface area contributed by atoms with Gasteiger partial charge in [-0.15, -0.1) is 0 Å². The van der Waals surface area contributed by atoms with Crippen molar-refractivity contribution in [1.82, 2.24) is 5.32 Å². The van der Waals surface area contributed by atoms with Crippen LogP contribution in [-0.4, -0.2) is 43.7 Å². The van der Waals surface area contributed by atoms with Crippen LogP contribution >= 0.6 is 0 Å². The van der Waals surface area contributed by atoms with E-state index in [0.717, 1.165) is 0 Å². The largest absolute Gasteiger partial charge is 0.481 e. The maximum Gasteiger partial charge on any atom is 0.306 e. The molecule has 130 valence electrons. The zero-order valence-corrected chi connectivity index (χ0v) is 14.0. The van der Waals surface area contributed by atoms with Crippen LogP contribution in [0.5, 0.6) is 0 Å². The van der Waals surface area contributed by atoms with Crippen LogP contribution in [0.2, 0.25) is 0 Å². The number of carbonyl (C=O) groups is 2. The van der Waals surface area contributed by atoms with Gasteiger partial charge < -0.3 is 10.4 Å². The predicted molar refractivity (Wildman–Crippen MR) is 88.4 cm³/mol. The second-order valence-corrected chi connectivity index (χ2v) is 8.32. The summed E-state index contributed by atoms with van der Waals surface area (Å²) in [7, 11) is -3.29. The van der Waals surface area contributed by atoms with Crippen molar-refractivity contribution in [2.45, 2.75) is 31.7 Å². The lowest BCUT2D eigenvalue weighted by molar-refractivity contribution is -0.141. The minimum Gasteiger partial charge on any atom is -0.481 e. The first-order valence-corrected chi connectivity index (χ1v) is 9.62. The number of hydrogen-bond donors (Lipinski definition) is 2. The molecule has 8 heteroatoms. The van der Waals surface area contributed by atoms with E-state index >= 15 is 0 Å². The number of nitrogens with one attached hydrogen (secondary N) is 1. The summed E-state index contributed by atoms with van der Waals surface area (Å²) >= 11 is 0. The third-order valence-electron chi connectivity index (χ3n) is 4.61. The lowest BCUT2D eigenvalue weighted by Gasteiger charge is -2.18. The SMILES string of the molecule is O=C(N[C@H]1CC[C@@H](C(=O)O)C1)c1cccc(N2CCCS2(=O)=O)c1. The van der Waals surface area contributed by atoms with E-state index in [1.165, 1.54) is 4.31 Å². The van der Waals surface area contributed by atoms with Crippen molar-refractivity contribution < 1.29 is 23.1 Å². The number of hydrogen-bond acceptors (Lipinski definition) is 4. The van der Waals surface area contributed by atoms with Gasteiger partial charge >= 0.3 is 5.97 Å². The third kappa shape index (κ3) is 3.38. The Hall–Kier alpha value is -2.09. The Labute approximate surface area is 140 Å². The van der Waals surface area contributed by atoms with Gasteiger partial charge in [0.05, 0.1) is 17.4 Å². The smallest absolute Gasteiger partial charge is 0.306 e. The van der Waals surface area contributed by atoms with Gasteiger partial charge in [0.2, 0.25) is 10.0 Å². The topological polar surface area (TPSA) is 104 Å². The monoisotopic (exact) mass is 352 g/mol. The predicted octanol–water partition coefficient (Wildman–Crippen LogP) is 1.21. The van der Waals surface area contributed by atoms with Crippen LogP contribution in [0.3, 0.4) is 0 Å². The van der Waals surface area contributed by atoms with Crippen molar-refractivity contribution in [2.75, 3.05) is 16.6 Å². The lowest BCUT2D eigenvalue weighted by Crippen LogP contribution is -2.33. The number of aliphatic carboxylic acids is 1. The van der Waals surface area contributed by atoms with E-state index in [1.807, 2.05) is 0 Å². The quantitative estimate of drug-likeness (QED) is 0.848. The molecule has 1 heterocycles. The van der Waals surface area contributed by atoms with Crippen molar-refractivity contribution in [3.05, 3.63) is 29.8 Å². The van der Waals surface area contributed by atoms with Gasteiger partial charge in [-0.2, -0.15) is 0 Å². The summed E-state index contributed by atoms with van der Waals surface area (Å²) in [6.45, 7) is 0.427. The van der Waals surface area contributed by atoms with Gasteiger partial charge in [0.1, 0.15) is 0 Å². The zero-order chi connectivity index (χ0) is 17.3. The molecule has 0 spiro atoms. The van der Waals surface area contributed by atoms with Gasteiger partial charge in [-0.3, -0.25) is 13.9 Å².